The molecule has 1 N–H and O–H groups in total. The standard InChI is InChI=1S/C15H19ClN2O3/c1-10(11-5-3-2-4-6-11)17-15(19)13-8-7-12(18(20)21)9-14(13)16/h7-11H,2-6H2,1H3,(H,17,19). The van der Waals surface area contributed by atoms with Crippen LogP contribution >= 0.6 is 11.6 Å². The predicted octanol–water partition coefficient (Wildman–Crippen LogP) is 3.95. The maximum Gasteiger partial charge on any atom is 0.270 e. The molecule has 1 saturated carbocycles. The molecule has 0 spiro atoms. The number of rotatable bonds is 4. The van der Waals surface area contributed by atoms with Crippen molar-refractivity contribution in [3.05, 3.63) is 38.9 Å². The Hall–Kier alpha value is -1.62. The number of carbonyl (C=O) groups excluding carboxylic acids is 1. The molecule has 0 aliphatic heterocycles. The van der Waals surface area contributed by atoms with Gasteiger partial charge in [-0.3, -0.25) is 14.9 Å². The number of amides is 1. The molecular formula is C15H19ClN2O3. The Morgan fingerprint density at radius 2 is 2.05 bits per heavy atom. The summed E-state index contributed by atoms with van der Waals surface area (Å²) in [5.41, 5.74) is 0.168. The van der Waals surface area contributed by atoms with Crippen LogP contribution in [-0.2, 0) is 0 Å². The van der Waals surface area contributed by atoms with E-state index in [4.69, 9.17) is 11.6 Å². The quantitative estimate of drug-likeness (QED) is 0.676. The number of hydrogen-bond acceptors (Lipinski definition) is 3. The van der Waals surface area contributed by atoms with Gasteiger partial charge >= 0.3 is 0 Å². The molecule has 1 unspecified atom stereocenters. The van der Waals surface area contributed by atoms with E-state index >= 15 is 0 Å². The minimum absolute atomic E-state index is 0.0871. The molecule has 21 heavy (non-hydrogen) atoms. The highest BCUT2D eigenvalue weighted by Crippen LogP contribution is 2.27. The third-order valence-electron chi connectivity index (χ3n) is 4.12. The molecule has 1 atom stereocenters. The van der Waals surface area contributed by atoms with Gasteiger partial charge in [-0.2, -0.15) is 0 Å². The van der Waals surface area contributed by atoms with Crippen LogP contribution in [0.5, 0.6) is 0 Å². The van der Waals surface area contributed by atoms with Crippen LogP contribution in [0.15, 0.2) is 18.2 Å². The van der Waals surface area contributed by atoms with Crippen molar-refractivity contribution in [3.63, 3.8) is 0 Å². The zero-order valence-electron chi connectivity index (χ0n) is 12.0. The minimum atomic E-state index is -0.530. The van der Waals surface area contributed by atoms with Gasteiger partial charge in [-0.05, 0) is 31.7 Å². The van der Waals surface area contributed by atoms with Crippen molar-refractivity contribution < 1.29 is 9.72 Å². The van der Waals surface area contributed by atoms with Crippen molar-refractivity contribution in [1.29, 1.82) is 0 Å². The van der Waals surface area contributed by atoms with Crippen LogP contribution in [0.3, 0.4) is 0 Å². The lowest BCUT2D eigenvalue weighted by molar-refractivity contribution is -0.384. The Bertz CT molecular complexity index is 542. The summed E-state index contributed by atoms with van der Waals surface area (Å²) in [5.74, 6) is 0.229. The van der Waals surface area contributed by atoms with Gasteiger partial charge in [0.15, 0.2) is 0 Å². The Balaban J connectivity index is 2.04. The van der Waals surface area contributed by atoms with Gasteiger partial charge in [-0.25, -0.2) is 0 Å². The van der Waals surface area contributed by atoms with Gasteiger partial charge in [0.05, 0.1) is 15.5 Å². The lowest BCUT2D eigenvalue weighted by atomic mass is 9.84. The van der Waals surface area contributed by atoms with Gasteiger partial charge in [0, 0.05) is 18.2 Å². The van der Waals surface area contributed by atoms with Crippen LogP contribution in [0.25, 0.3) is 0 Å². The van der Waals surface area contributed by atoms with Crippen molar-refractivity contribution in [2.24, 2.45) is 5.92 Å². The Labute approximate surface area is 128 Å². The molecule has 6 heteroatoms. The second-order valence-electron chi connectivity index (χ2n) is 5.58. The normalized spacial score (nSPS) is 17.2. The van der Waals surface area contributed by atoms with Crippen molar-refractivity contribution in [3.8, 4) is 0 Å². The molecule has 1 aromatic carbocycles. The number of hydrogen-bond donors (Lipinski definition) is 1. The first-order valence-corrected chi connectivity index (χ1v) is 7.61. The van der Waals surface area contributed by atoms with Crippen molar-refractivity contribution in [2.75, 3.05) is 0 Å². The molecule has 1 fully saturated rings. The Kier molecular flexibility index (Phi) is 5.17. The number of halogens is 1. The summed E-state index contributed by atoms with van der Waals surface area (Å²) >= 11 is 5.97. The topological polar surface area (TPSA) is 72.2 Å². The number of nitro benzene ring substituents is 1. The first kappa shape index (κ1) is 15.8. The lowest BCUT2D eigenvalue weighted by Crippen LogP contribution is -2.39. The van der Waals surface area contributed by atoms with E-state index in [-0.39, 0.29) is 28.2 Å². The summed E-state index contributed by atoms with van der Waals surface area (Å²) in [4.78, 5) is 22.4. The number of non-ortho nitro benzene ring substituents is 1. The smallest absolute Gasteiger partial charge is 0.270 e. The molecule has 1 aromatic rings. The summed E-state index contributed by atoms with van der Waals surface area (Å²) in [5, 5.41) is 13.7. The highest BCUT2D eigenvalue weighted by atomic mass is 35.5. The summed E-state index contributed by atoms with van der Waals surface area (Å²) in [6.45, 7) is 2.01. The van der Waals surface area contributed by atoms with Gasteiger partial charge in [-0.15, -0.1) is 0 Å². The van der Waals surface area contributed by atoms with Crippen molar-refractivity contribution in [2.45, 2.75) is 45.1 Å². The minimum Gasteiger partial charge on any atom is -0.349 e. The lowest BCUT2D eigenvalue weighted by Gasteiger charge is -2.28. The summed E-state index contributed by atoms with van der Waals surface area (Å²) in [7, 11) is 0. The number of carbonyl (C=O) groups is 1. The van der Waals surface area contributed by atoms with Crippen LogP contribution in [0, 0.1) is 16.0 Å². The van der Waals surface area contributed by atoms with Crippen LogP contribution in [-0.4, -0.2) is 16.9 Å². The van der Waals surface area contributed by atoms with Gasteiger partial charge in [0.25, 0.3) is 11.6 Å². The zero-order chi connectivity index (χ0) is 15.4. The first-order valence-electron chi connectivity index (χ1n) is 7.24. The van der Waals surface area contributed by atoms with E-state index in [1.807, 2.05) is 6.92 Å². The fourth-order valence-electron chi connectivity index (χ4n) is 2.84. The van der Waals surface area contributed by atoms with Crippen molar-refractivity contribution in [1.82, 2.24) is 5.32 Å². The average Bonchev–Trinajstić information content (AvgIpc) is 2.47. The number of nitro groups is 1. The molecule has 114 valence electrons. The van der Waals surface area contributed by atoms with Gasteiger partial charge in [0.1, 0.15) is 0 Å². The zero-order valence-corrected chi connectivity index (χ0v) is 12.7. The van der Waals surface area contributed by atoms with E-state index in [0.29, 0.717) is 5.92 Å². The molecule has 0 aromatic heterocycles. The second kappa shape index (κ2) is 6.89. The fraction of sp³-hybridized carbons (Fsp3) is 0.533. The molecule has 0 heterocycles. The molecule has 0 radical (unpaired) electrons. The van der Waals surface area contributed by atoms with Crippen molar-refractivity contribution >= 4 is 23.2 Å². The molecule has 1 amide bonds. The van der Waals surface area contributed by atoms with E-state index in [0.717, 1.165) is 12.8 Å². The van der Waals surface area contributed by atoms with Crippen LogP contribution in [0.2, 0.25) is 5.02 Å². The largest absolute Gasteiger partial charge is 0.349 e. The third-order valence-corrected chi connectivity index (χ3v) is 4.44. The second-order valence-corrected chi connectivity index (χ2v) is 5.99. The SMILES string of the molecule is CC(NC(=O)c1ccc([N+](=O)[O-])cc1Cl)C1CCCCC1. The van der Waals surface area contributed by atoms with E-state index in [1.54, 1.807) is 0 Å². The van der Waals surface area contributed by atoms with E-state index in [1.165, 1.54) is 37.5 Å². The maximum atomic E-state index is 12.2. The Morgan fingerprint density at radius 1 is 1.38 bits per heavy atom. The average molecular weight is 311 g/mol. The van der Waals surface area contributed by atoms with E-state index in [2.05, 4.69) is 5.32 Å². The van der Waals surface area contributed by atoms with E-state index < -0.39 is 4.92 Å². The van der Waals surface area contributed by atoms with Gasteiger partial charge in [0.2, 0.25) is 0 Å². The fourth-order valence-corrected chi connectivity index (χ4v) is 3.10. The Morgan fingerprint density at radius 3 is 2.62 bits per heavy atom. The van der Waals surface area contributed by atoms with Crippen LogP contribution < -0.4 is 5.32 Å². The summed E-state index contributed by atoms with van der Waals surface area (Å²) < 4.78 is 0. The molecular weight excluding hydrogens is 292 g/mol. The maximum absolute atomic E-state index is 12.2. The van der Waals surface area contributed by atoms with Gasteiger partial charge in [-0.1, -0.05) is 30.9 Å². The summed E-state index contributed by atoms with van der Waals surface area (Å²) in [6, 6.07) is 4.00. The number of nitrogens with zero attached hydrogens (tertiary/aromatic N) is 1. The molecule has 0 saturated heterocycles. The predicted molar refractivity (Wildman–Crippen MR) is 81.6 cm³/mol. The van der Waals surface area contributed by atoms with Crippen LogP contribution in [0.4, 0.5) is 5.69 Å². The van der Waals surface area contributed by atoms with Crippen LogP contribution in [0.1, 0.15) is 49.4 Å². The molecule has 5 nitrogen and oxygen atoms in total. The molecule has 1 aliphatic carbocycles. The monoisotopic (exact) mass is 310 g/mol. The molecule has 2 rings (SSSR count). The number of nitrogens with one attached hydrogen (secondary N) is 1. The summed E-state index contributed by atoms with van der Waals surface area (Å²) in [6.07, 6.45) is 5.96. The third kappa shape index (κ3) is 3.94. The molecule has 0 bridgehead atoms. The number of benzene rings is 1. The van der Waals surface area contributed by atoms with Gasteiger partial charge < -0.3 is 5.32 Å². The highest BCUT2D eigenvalue weighted by molar-refractivity contribution is 6.34. The van der Waals surface area contributed by atoms with E-state index in [9.17, 15) is 14.9 Å². The first-order chi connectivity index (χ1) is 9.99. The molecule has 1 aliphatic rings. The highest BCUT2D eigenvalue weighted by Gasteiger charge is 2.23.